The molecule has 0 N–H and O–H groups in total. The predicted molar refractivity (Wildman–Crippen MR) is 60.3 cm³/mol. The molecule has 0 aliphatic rings. The van der Waals surface area contributed by atoms with Gasteiger partial charge in [-0.2, -0.15) is 5.26 Å². The SMILES string of the molecule is CC(=O)OC(C#N)=CC(C)c1ccccc1. The van der Waals surface area contributed by atoms with Crippen LogP contribution in [0.25, 0.3) is 0 Å². The molecule has 0 aliphatic heterocycles. The van der Waals surface area contributed by atoms with Gasteiger partial charge in [-0.25, -0.2) is 0 Å². The third-order valence-electron chi connectivity index (χ3n) is 2.09. The van der Waals surface area contributed by atoms with Crippen molar-refractivity contribution in [3.63, 3.8) is 0 Å². The summed E-state index contributed by atoms with van der Waals surface area (Å²) in [6, 6.07) is 11.6. The Kier molecular flexibility index (Phi) is 4.28. The molecule has 0 saturated heterocycles. The van der Waals surface area contributed by atoms with Crippen molar-refractivity contribution in [2.45, 2.75) is 19.8 Å². The van der Waals surface area contributed by atoms with Crippen LogP contribution in [0.3, 0.4) is 0 Å². The van der Waals surface area contributed by atoms with E-state index in [0.29, 0.717) is 0 Å². The number of esters is 1. The molecule has 0 saturated carbocycles. The molecular formula is C13H13NO2. The summed E-state index contributed by atoms with van der Waals surface area (Å²) >= 11 is 0. The van der Waals surface area contributed by atoms with Crippen LogP contribution in [0.5, 0.6) is 0 Å². The van der Waals surface area contributed by atoms with Crippen LogP contribution in [-0.4, -0.2) is 5.97 Å². The fraction of sp³-hybridized carbons (Fsp3) is 0.231. The van der Waals surface area contributed by atoms with Crippen LogP contribution in [0.4, 0.5) is 0 Å². The van der Waals surface area contributed by atoms with Crippen molar-refractivity contribution in [3.8, 4) is 6.07 Å². The van der Waals surface area contributed by atoms with E-state index in [2.05, 4.69) is 0 Å². The number of nitrogens with zero attached hydrogens (tertiary/aromatic N) is 1. The van der Waals surface area contributed by atoms with E-state index in [4.69, 9.17) is 10.00 Å². The molecule has 0 amide bonds. The van der Waals surface area contributed by atoms with Gasteiger partial charge in [0.25, 0.3) is 0 Å². The van der Waals surface area contributed by atoms with Crippen LogP contribution in [0.2, 0.25) is 0 Å². The minimum absolute atomic E-state index is 0.0372. The first-order valence-corrected chi connectivity index (χ1v) is 4.98. The molecule has 1 unspecified atom stereocenters. The Morgan fingerprint density at radius 2 is 2.06 bits per heavy atom. The summed E-state index contributed by atoms with van der Waals surface area (Å²) in [5.41, 5.74) is 1.07. The van der Waals surface area contributed by atoms with E-state index < -0.39 is 5.97 Å². The number of carbonyl (C=O) groups excluding carboxylic acids is 1. The zero-order valence-electron chi connectivity index (χ0n) is 9.31. The molecule has 1 aromatic rings. The Morgan fingerprint density at radius 3 is 2.56 bits per heavy atom. The highest BCUT2D eigenvalue weighted by molar-refractivity contribution is 5.68. The first-order chi connectivity index (χ1) is 7.63. The van der Waals surface area contributed by atoms with Crippen LogP contribution in [0.15, 0.2) is 42.2 Å². The molecule has 1 rings (SSSR count). The van der Waals surface area contributed by atoms with E-state index in [1.165, 1.54) is 6.92 Å². The molecule has 1 aromatic carbocycles. The van der Waals surface area contributed by atoms with Gasteiger partial charge in [0, 0.05) is 12.8 Å². The summed E-state index contributed by atoms with van der Waals surface area (Å²) in [4.78, 5) is 10.7. The van der Waals surface area contributed by atoms with E-state index in [1.807, 2.05) is 43.3 Å². The minimum Gasteiger partial charge on any atom is -0.416 e. The van der Waals surface area contributed by atoms with Crippen molar-refractivity contribution in [1.82, 2.24) is 0 Å². The molecular weight excluding hydrogens is 202 g/mol. The van der Waals surface area contributed by atoms with Crippen LogP contribution >= 0.6 is 0 Å². The predicted octanol–water partition coefficient (Wildman–Crippen LogP) is 2.76. The van der Waals surface area contributed by atoms with Crippen molar-refractivity contribution >= 4 is 5.97 Å². The van der Waals surface area contributed by atoms with Gasteiger partial charge in [-0.15, -0.1) is 0 Å². The Balaban J connectivity index is 2.82. The molecule has 82 valence electrons. The molecule has 3 nitrogen and oxygen atoms in total. The normalized spacial score (nSPS) is 12.7. The van der Waals surface area contributed by atoms with E-state index in [-0.39, 0.29) is 11.7 Å². The summed E-state index contributed by atoms with van der Waals surface area (Å²) in [5.74, 6) is -0.396. The second-order valence-corrected chi connectivity index (χ2v) is 3.44. The fourth-order valence-corrected chi connectivity index (χ4v) is 1.33. The summed E-state index contributed by atoms with van der Waals surface area (Å²) < 4.78 is 4.75. The van der Waals surface area contributed by atoms with E-state index in [9.17, 15) is 4.79 Å². The van der Waals surface area contributed by atoms with Gasteiger partial charge < -0.3 is 4.74 Å². The van der Waals surface area contributed by atoms with Gasteiger partial charge in [0.2, 0.25) is 5.76 Å². The van der Waals surface area contributed by atoms with Crippen molar-refractivity contribution in [2.75, 3.05) is 0 Å². The lowest BCUT2D eigenvalue weighted by Gasteiger charge is -2.07. The van der Waals surface area contributed by atoms with E-state index in [0.717, 1.165) is 5.56 Å². The molecule has 16 heavy (non-hydrogen) atoms. The molecule has 0 fully saturated rings. The summed E-state index contributed by atoms with van der Waals surface area (Å²) in [6.45, 7) is 3.22. The lowest BCUT2D eigenvalue weighted by atomic mass is 10.0. The molecule has 1 atom stereocenters. The highest BCUT2D eigenvalue weighted by Gasteiger charge is 2.06. The van der Waals surface area contributed by atoms with Gasteiger partial charge in [-0.3, -0.25) is 4.79 Å². The Labute approximate surface area is 95.0 Å². The highest BCUT2D eigenvalue weighted by atomic mass is 16.5. The zero-order chi connectivity index (χ0) is 12.0. The minimum atomic E-state index is -0.479. The van der Waals surface area contributed by atoms with Gasteiger partial charge in [0.05, 0.1) is 0 Å². The van der Waals surface area contributed by atoms with Gasteiger partial charge >= 0.3 is 5.97 Å². The third-order valence-corrected chi connectivity index (χ3v) is 2.09. The fourth-order valence-electron chi connectivity index (χ4n) is 1.33. The van der Waals surface area contributed by atoms with Gasteiger partial charge in [-0.05, 0) is 11.6 Å². The van der Waals surface area contributed by atoms with Gasteiger partial charge in [0.1, 0.15) is 6.07 Å². The lowest BCUT2D eigenvalue weighted by Crippen LogP contribution is -1.99. The Bertz CT molecular complexity index is 429. The number of ether oxygens (including phenoxy) is 1. The lowest BCUT2D eigenvalue weighted by molar-refractivity contribution is -0.136. The zero-order valence-corrected chi connectivity index (χ0v) is 9.31. The Hall–Kier alpha value is -2.08. The van der Waals surface area contributed by atoms with Crippen LogP contribution < -0.4 is 0 Å². The number of allylic oxidation sites excluding steroid dienone is 2. The van der Waals surface area contributed by atoms with E-state index >= 15 is 0 Å². The van der Waals surface area contributed by atoms with Gasteiger partial charge in [-0.1, -0.05) is 37.3 Å². The van der Waals surface area contributed by atoms with Crippen LogP contribution in [0.1, 0.15) is 25.3 Å². The number of nitriles is 1. The molecule has 0 spiro atoms. The van der Waals surface area contributed by atoms with Crippen molar-refractivity contribution in [3.05, 3.63) is 47.7 Å². The van der Waals surface area contributed by atoms with Crippen molar-refractivity contribution in [1.29, 1.82) is 5.26 Å². The summed E-state index contributed by atoms with van der Waals surface area (Å²) in [6.07, 6.45) is 1.64. The second-order valence-electron chi connectivity index (χ2n) is 3.44. The van der Waals surface area contributed by atoms with E-state index in [1.54, 1.807) is 6.08 Å². The molecule has 0 bridgehead atoms. The second kappa shape index (κ2) is 5.72. The largest absolute Gasteiger partial charge is 0.416 e. The summed E-state index contributed by atoms with van der Waals surface area (Å²) in [7, 11) is 0. The number of rotatable bonds is 3. The smallest absolute Gasteiger partial charge is 0.308 e. The van der Waals surface area contributed by atoms with Gasteiger partial charge in [0.15, 0.2) is 0 Å². The molecule has 0 aliphatic carbocycles. The Morgan fingerprint density at radius 1 is 1.44 bits per heavy atom. The molecule has 0 radical (unpaired) electrons. The summed E-state index contributed by atoms with van der Waals surface area (Å²) in [5, 5.41) is 8.78. The number of benzene rings is 1. The van der Waals surface area contributed by atoms with Crippen LogP contribution in [-0.2, 0) is 9.53 Å². The highest BCUT2D eigenvalue weighted by Crippen LogP contribution is 2.17. The molecule has 3 heteroatoms. The quantitative estimate of drug-likeness (QED) is 0.442. The topological polar surface area (TPSA) is 50.1 Å². The number of hydrogen-bond acceptors (Lipinski definition) is 3. The first-order valence-electron chi connectivity index (χ1n) is 4.98. The van der Waals surface area contributed by atoms with Crippen LogP contribution in [0, 0.1) is 11.3 Å². The standard InChI is InChI=1S/C13H13NO2/c1-10(12-6-4-3-5-7-12)8-13(9-14)16-11(2)15/h3-8,10H,1-2H3. The maximum Gasteiger partial charge on any atom is 0.308 e. The first kappa shape index (κ1) is 12.0. The molecule has 0 heterocycles. The maximum atomic E-state index is 10.7. The molecule has 0 aromatic heterocycles. The van der Waals surface area contributed by atoms with Crippen molar-refractivity contribution in [2.24, 2.45) is 0 Å². The van der Waals surface area contributed by atoms with Crippen molar-refractivity contribution < 1.29 is 9.53 Å². The number of hydrogen-bond donors (Lipinski definition) is 0. The average Bonchev–Trinajstić information content (AvgIpc) is 2.28. The number of carbonyl (C=O) groups is 1. The maximum absolute atomic E-state index is 10.7. The average molecular weight is 215 g/mol. The monoisotopic (exact) mass is 215 g/mol. The third kappa shape index (κ3) is 3.58.